The summed E-state index contributed by atoms with van der Waals surface area (Å²) in [6, 6.07) is -0.174. The van der Waals surface area contributed by atoms with Gasteiger partial charge in [0, 0.05) is 37.9 Å². The van der Waals surface area contributed by atoms with Gasteiger partial charge in [-0.05, 0) is 51.2 Å². The topological polar surface area (TPSA) is 131 Å². The maximum absolute atomic E-state index is 11.9. The summed E-state index contributed by atoms with van der Waals surface area (Å²) in [4.78, 5) is 10.9. The molecule has 1 saturated heterocycles. The zero-order chi connectivity index (χ0) is 21.5. The third-order valence-electron chi connectivity index (χ3n) is 6.37. The molecule has 2 aliphatic heterocycles. The van der Waals surface area contributed by atoms with E-state index in [0.29, 0.717) is 44.1 Å². The van der Waals surface area contributed by atoms with E-state index >= 15 is 0 Å². The second kappa shape index (κ2) is 8.04. The highest BCUT2D eigenvalue weighted by atomic mass is 32.2. The molecular formula is C19H30N6O4S. The lowest BCUT2D eigenvalue weighted by atomic mass is 9.97. The Balaban J connectivity index is 1.51. The Morgan fingerprint density at radius 3 is 2.63 bits per heavy atom. The summed E-state index contributed by atoms with van der Waals surface area (Å²) >= 11 is 0. The zero-order valence-electron chi connectivity index (χ0n) is 17.3. The normalized spacial score (nSPS) is 30.5. The lowest BCUT2D eigenvalue weighted by molar-refractivity contribution is 0.0363. The molecule has 0 amide bonds. The summed E-state index contributed by atoms with van der Waals surface area (Å²) in [5, 5.41) is 24.7. The van der Waals surface area contributed by atoms with E-state index in [4.69, 9.17) is 0 Å². The minimum atomic E-state index is -3.41. The van der Waals surface area contributed by atoms with E-state index in [9.17, 15) is 18.6 Å². The minimum Gasteiger partial charge on any atom is -0.388 e. The van der Waals surface area contributed by atoms with Gasteiger partial charge in [-0.2, -0.15) is 17.7 Å². The standard InChI is InChI=1S/C19H30N6O4S/c1-19(27)9-3-4-15(19)25-16(26)6-5-13-12-21-18(23-17(13)25)22-14-7-10-24(11-8-14)30(28,29)20-2/h5-6,12,14-16,20,26-27H,3-4,7-11H2,1-2H3,(H,21,22,23)/t15-,16?,19-/m0/s1. The third-order valence-corrected chi connectivity index (χ3v) is 7.93. The van der Waals surface area contributed by atoms with Crippen molar-refractivity contribution in [3.63, 3.8) is 0 Å². The number of piperidine rings is 1. The monoisotopic (exact) mass is 438 g/mol. The molecule has 4 rings (SSSR count). The van der Waals surface area contributed by atoms with Crippen LogP contribution in [0.1, 0.15) is 44.6 Å². The first-order chi connectivity index (χ1) is 14.2. The molecule has 3 heterocycles. The number of aliphatic hydroxyl groups excluding tert-OH is 1. The average Bonchev–Trinajstić information content (AvgIpc) is 3.07. The summed E-state index contributed by atoms with van der Waals surface area (Å²) in [5.74, 6) is 1.04. The molecule has 1 unspecified atom stereocenters. The Morgan fingerprint density at radius 2 is 2.00 bits per heavy atom. The summed E-state index contributed by atoms with van der Waals surface area (Å²) in [6.07, 6.45) is 7.98. The lowest BCUT2D eigenvalue weighted by Gasteiger charge is -2.41. The second-order valence-corrected chi connectivity index (χ2v) is 10.3. The highest BCUT2D eigenvalue weighted by Crippen LogP contribution is 2.39. The quantitative estimate of drug-likeness (QED) is 0.515. The van der Waals surface area contributed by atoms with Gasteiger partial charge in [0.1, 0.15) is 12.0 Å². The van der Waals surface area contributed by atoms with Gasteiger partial charge in [0.05, 0.1) is 11.6 Å². The van der Waals surface area contributed by atoms with Crippen molar-refractivity contribution in [1.82, 2.24) is 19.0 Å². The number of nitrogens with one attached hydrogen (secondary N) is 2. The molecule has 3 atom stereocenters. The summed E-state index contributed by atoms with van der Waals surface area (Å²) in [5.41, 5.74) is -0.100. The van der Waals surface area contributed by atoms with E-state index in [0.717, 1.165) is 18.4 Å². The second-order valence-electron chi connectivity index (χ2n) is 8.44. The van der Waals surface area contributed by atoms with E-state index in [2.05, 4.69) is 20.0 Å². The third kappa shape index (κ3) is 4.04. The van der Waals surface area contributed by atoms with Gasteiger partial charge < -0.3 is 20.4 Å². The molecule has 0 bridgehead atoms. The number of hydrogen-bond donors (Lipinski definition) is 4. The fourth-order valence-electron chi connectivity index (χ4n) is 4.64. The number of nitrogens with zero attached hydrogens (tertiary/aromatic N) is 4. The van der Waals surface area contributed by atoms with Crippen LogP contribution < -0.4 is 14.9 Å². The van der Waals surface area contributed by atoms with Crippen molar-refractivity contribution in [2.24, 2.45) is 0 Å². The largest absolute Gasteiger partial charge is 0.388 e. The summed E-state index contributed by atoms with van der Waals surface area (Å²) in [7, 11) is -1.99. The van der Waals surface area contributed by atoms with E-state index in [-0.39, 0.29) is 12.1 Å². The van der Waals surface area contributed by atoms with Gasteiger partial charge in [-0.3, -0.25) is 0 Å². The van der Waals surface area contributed by atoms with Gasteiger partial charge in [-0.15, -0.1) is 0 Å². The molecule has 0 aromatic carbocycles. The Hall–Kier alpha value is -1.79. The van der Waals surface area contributed by atoms with Gasteiger partial charge in [-0.25, -0.2) is 9.71 Å². The Labute approximate surface area is 177 Å². The van der Waals surface area contributed by atoms with Crippen LogP contribution in [0.15, 0.2) is 12.3 Å². The number of fused-ring (bicyclic) bond motifs is 1. The number of aromatic nitrogens is 2. The van der Waals surface area contributed by atoms with Crippen molar-refractivity contribution in [1.29, 1.82) is 0 Å². The molecule has 10 nitrogen and oxygen atoms in total. The molecule has 3 aliphatic rings. The first-order valence-electron chi connectivity index (χ1n) is 10.4. The number of hydrogen-bond acceptors (Lipinski definition) is 8. The van der Waals surface area contributed by atoms with Gasteiger partial charge in [0.25, 0.3) is 10.2 Å². The average molecular weight is 439 g/mol. The Bertz CT molecular complexity index is 914. The van der Waals surface area contributed by atoms with E-state index in [1.165, 1.54) is 11.4 Å². The van der Waals surface area contributed by atoms with Crippen LogP contribution in [0.25, 0.3) is 6.08 Å². The lowest BCUT2D eigenvalue weighted by Crippen LogP contribution is -2.53. The van der Waals surface area contributed by atoms with Crippen LogP contribution >= 0.6 is 0 Å². The fourth-order valence-corrected chi connectivity index (χ4v) is 5.59. The van der Waals surface area contributed by atoms with Crippen LogP contribution in [0.2, 0.25) is 0 Å². The SMILES string of the molecule is CNS(=O)(=O)N1CCC(Nc2ncc3c(n2)N([C@H]2CCC[C@]2(C)O)C(O)C=C3)CC1. The van der Waals surface area contributed by atoms with Gasteiger partial charge in [0.15, 0.2) is 0 Å². The predicted molar refractivity (Wildman–Crippen MR) is 114 cm³/mol. The number of anilines is 2. The van der Waals surface area contributed by atoms with Crippen LogP contribution in [0.3, 0.4) is 0 Å². The Morgan fingerprint density at radius 1 is 1.27 bits per heavy atom. The molecule has 1 aliphatic carbocycles. The van der Waals surface area contributed by atoms with Crippen molar-refractivity contribution >= 4 is 28.1 Å². The minimum absolute atomic E-state index is 0.0541. The molecule has 30 heavy (non-hydrogen) atoms. The van der Waals surface area contributed by atoms with Crippen LogP contribution in [0.5, 0.6) is 0 Å². The maximum atomic E-state index is 11.9. The highest BCUT2D eigenvalue weighted by molar-refractivity contribution is 7.87. The van der Waals surface area contributed by atoms with Crippen LogP contribution in [0, 0.1) is 0 Å². The van der Waals surface area contributed by atoms with Gasteiger partial charge in [-0.1, -0.05) is 0 Å². The van der Waals surface area contributed by atoms with Gasteiger partial charge >= 0.3 is 0 Å². The van der Waals surface area contributed by atoms with Crippen LogP contribution in [-0.4, -0.2) is 77.0 Å². The number of rotatable bonds is 5. The fraction of sp³-hybridized carbons (Fsp3) is 0.684. The first kappa shape index (κ1) is 21.4. The van der Waals surface area contributed by atoms with Crippen molar-refractivity contribution < 1.29 is 18.6 Å². The summed E-state index contributed by atoms with van der Waals surface area (Å²) < 4.78 is 27.7. The van der Waals surface area contributed by atoms with Crippen molar-refractivity contribution in [3.8, 4) is 0 Å². The smallest absolute Gasteiger partial charge is 0.279 e. The first-order valence-corrected chi connectivity index (χ1v) is 11.8. The molecule has 0 radical (unpaired) electrons. The zero-order valence-corrected chi connectivity index (χ0v) is 18.1. The molecule has 1 saturated carbocycles. The van der Waals surface area contributed by atoms with Gasteiger partial charge in [0.2, 0.25) is 5.95 Å². The summed E-state index contributed by atoms with van der Waals surface area (Å²) in [6.45, 7) is 2.65. The molecule has 11 heteroatoms. The predicted octanol–water partition coefficient (Wildman–Crippen LogP) is 0.272. The molecule has 1 aromatic rings. The van der Waals surface area contributed by atoms with E-state index < -0.39 is 22.0 Å². The molecule has 1 aromatic heterocycles. The van der Waals surface area contributed by atoms with Crippen LogP contribution in [-0.2, 0) is 10.2 Å². The molecular weight excluding hydrogens is 408 g/mol. The van der Waals surface area contributed by atoms with Crippen molar-refractivity contribution in [3.05, 3.63) is 17.8 Å². The molecule has 0 spiro atoms. The molecule has 166 valence electrons. The van der Waals surface area contributed by atoms with E-state index in [1.54, 1.807) is 23.2 Å². The van der Waals surface area contributed by atoms with E-state index in [1.807, 2.05) is 6.92 Å². The highest BCUT2D eigenvalue weighted by Gasteiger charge is 2.44. The molecule has 4 N–H and O–H groups in total. The number of aliphatic hydroxyl groups is 2. The Kier molecular flexibility index (Phi) is 5.75. The maximum Gasteiger partial charge on any atom is 0.279 e. The van der Waals surface area contributed by atoms with Crippen LogP contribution in [0.4, 0.5) is 11.8 Å². The molecule has 2 fully saturated rings. The van der Waals surface area contributed by atoms with Crippen molar-refractivity contribution in [2.45, 2.75) is 62.9 Å². The van der Waals surface area contributed by atoms with Crippen molar-refractivity contribution in [2.75, 3.05) is 30.4 Å².